The molecule has 1 aliphatic carbocycles. The molecule has 2 aliphatic rings. The maximum absolute atomic E-state index is 11.4. The molecule has 18 heavy (non-hydrogen) atoms. The van der Waals surface area contributed by atoms with Crippen LogP contribution < -0.4 is 10.2 Å². The Morgan fingerprint density at radius 2 is 2.17 bits per heavy atom. The number of aliphatic hydroxyl groups is 1. The number of hydrogen-bond acceptors (Lipinski definition) is 3. The van der Waals surface area contributed by atoms with E-state index in [2.05, 4.69) is 10.2 Å². The van der Waals surface area contributed by atoms with Gasteiger partial charge in [0.15, 0.2) is 6.10 Å². The van der Waals surface area contributed by atoms with Gasteiger partial charge in [0.25, 0.3) is 5.91 Å². The van der Waals surface area contributed by atoms with Gasteiger partial charge >= 0.3 is 0 Å². The highest BCUT2D eigenvalue weighted by Gasteiger charge is 2.31. The van der Waals surface area contributed by atoms with Crippen molar-refractivity contribution < 1.29 is 9.90 Å². The third kappa shape index (κ3) is 1.68. The van der Waals surface area contributed by atoms with Crippen molar-refractivity contribution in [1.82, 2.24) is 0 Å². The molecule has 1 aromatic rings. The molecule has 1 aromatic carbocycles. The number of fused-ring (bicyclic) bond motifs is 1. The van der Waals surface area contributed by atoms with Crippen molar-refractivity contribution in [2.75, 3.05) is 17.3 Å². The van der Waals surface area contributed by atoms with Crippen LogP contribution in [0.2, 0.25) is 5.02 Å². The van der Waals surface area contributed by atoms with E-state index in [1.54, 1.807) is 6.07 Å². The molecule has 4 nitrogen and oxygen atoms in total. The zero-order chi connectivity index (χ0) is 12.9. The van der Waals surface area contributed by atoms with Gasteiger partial charge in [-0.15, -0.1) is 0 Å². The van der Waals surface area contributed by atoms with Gasteiger partial charge in [-0.2, -0.15) is 0 Å². The predicted octanol–water partition coefficient (Wildman–Crippen LogP) is 2.31. The van der Waals surface area contributed by atoms with E-state index in [9.17, 15) is 9.90 Å². The van der Waals surface area contributed by atoms with Gasteiger partial charge in [-0.1, -0.05) is 11.6 Å². The maximum atomic E-state index is 11.4. The molecule has 1 fully saturated rings. The summed E-state index contributed by atoms with van der Waals surface area (Å²) in [6.45, 7) is 0. The van der Waals surface area contributed by atoms with E-state index >= 15 is 0 Å². The van der Waals surface area contributed by atoms with Crippen LogP contribution >= 0.6 is 11.6 Å². The molecular weight excluding hydrogens is 252 g/mol. The Labute approximate surface area is 111 Å². The highest BCUT2D eigenvalue weighted by molar-refractivity contribution is 6.33. The summed E-state index contributed by atoms with van der Waals surface area (Å²) in [5.74, 6) is -0.385. The molecular formula is C13H15ClN2O2. The maximum Gasteiger partial charge on any atom is 0.257 e. The Bertz CT molecular complexity index is 514. The van der Waals surface area contributed by atoms with Gasteiger partial charge in [0, 0.05) is 24.3 Å². The lowest BCUT2D eigenvalue weighted by molar-refractivity contribution is -0.123. The van der Waals surface area contributed by atoms with Crippen molar-refractivity contribution in [3.63, 3.8) is 0 Å². The molecule has 1 atom stereocenters. The molecule has 1 amide bonds. The smallest absolute Gasteiger partial charge is 0.257 e. The van der Waals surface area contributed by atoms with Crippen LogP contribution in [0.4, 0.5) is 11.4 Å². The summed E-state index contributed by atoms with van der Waals surface area (Å²) < 4.78 is 0. The summed E-state index contributed by atoms with van der Waals surface area (Å²) in [4.78, 5) is 13.6. The number of benzene rings is 1. The van der Waals surface area contributed by atoms with Gasteiger partial charge in [0.1, 0.15) is 0 Å². The number of carbonyl (C=O) groups excluding carboxylic acids is 1. The fraction of sp³-hybridized carbons (Fsp3) is 0.462. The first-order valence-electron chi connectivity index (χ1n) is 6.13. The van der Waals surface area contributed by atoms with E-state index in [0.29, 0.717) is 22.3 Å². The topological polar surface area (TPSA) is 52.6 Å². The van der Waals surface area contributed by atoms with Crippen molar-refractivity contribution >= 4 is 28.9 Å². The molecule has 3 rings (SSSR count). The highest BCUT2D eigenvalue weighted by atomic mass is 35.5. The van der Waals surface area contributed by atoms with Crippen molar-refractivity contribution in [2.45, 2.75) is 31.4 Å². The SMILES string of the molecule is CN(c1cc2c(cc1Cl)C(O)C(=O)N2)C1CCC1. The molecule has 0 radical (unpaired) electrons. The van der Waals surface area contributed by atoms with Crippen molar-refractivity contribution in [1.29, 1.82) is 0 Å². The number of hydrogen-bond donors (Lipinski definition) is 2. The van der Waals surface area contributed by atoms with Crippen LogP contribution in [0.5, 0.6) is 0 Å². The van der Waals surface area contributed by atoms with Crippen molar-refractivity contribution in [3.05, 3.63) is 22.7 Å². The third-order valence-corrected chi connectivity index (χ3v) is 4.22. The number of amides is 1. The number of halogens is 1. The summed E-state index contributed by atoms with van der Waals surface area (Å²) in [6, 6.07) is 4.07. The number of carbonyl (C=O) groups is 1. The Morgan fingerprint density at radius 3 is 2.78 bits per heavy atom. The molecule has 96 valence electrons. The standard InChI is InChI=1S/C13H15ClN2O2/c1-16(7-3-2-4-7)11-6-10-8(5-9(11)14)12(17)13(18)15-10/h5-7,12,17H,2-4H2,1H3,(H,15,18). The first-order chi connectivity index (χ1) is 8.58. The first-order valence-corrected chi connectivity index (χ1v) is 6.51. The largest absolute Gasteiger partial charge is 0.378 e. The zero-order valence-electron chi connectivity index (χ0n) is 10.1. The van der Waals surface area contributed by atoms with Crippen LogP contribution in [0.3, 0.4) is 0 Å². The zero-order valence-corrected chi connectivity index (χ0v) is 10.9. The quantitative estimate of drug-likeness (QED) is 0.864. The molecule has 1 unspecified atom stereocenters. The second kappa shape index (κ2) is 4.14. The molecule has 2 N–H and O–H groups in total. The van der Waals surface area contributed by atoms with E-state index in [4.69, 9.17) is 11.6 Å². The second-order valence-electron chi connectivity index (χ2n) is 4.98. The molecule has 0 bridgehead atoms. The Hall–Kier alpha value is -1.26. The lowest BCUT2D eigenvalue weighted by Crippen LogP contribution is -2.37. The summed E-state index contributed by atoms with van der Waals surface area (Å²) in [5, 5.41) is 12.9. The Morgan fingerprint density at radius 1 is 1.44 bits per heavy atom. The minimum atomic E-state index is -1.10. The number of nitrogens with zero attached hydrogens (tertiary/aromatic N) is 1. The monoisotopic (exact) mass is 266 g/mol. The minimum Gasteiger partial charge on any atom is -0.378 e. The first kappa shape index (κ1) is 11.8. The van der Waals surface area contributed by atoms with Gasteiger partial charge in [0.05, 0.1) is 10.7 Å². The van der Waals surface area contributed by atoms with Crippen LogP contribution in [0.15, 0.2) is 12.1 Å². The van der Waals surface area contributed by atoms with Crippen molar-refractivity contribution in [2.24, 2.45) is 0 Å². The van der Waals surface area contributed by atoms with Gasteiger partial charge in [-0.3, -0.25) is 4.79 Å². The Balaban J connectivity index is 1.97. The van der Waals surface area contributed by atoms with Crippen LogP contribution in [0.1, 0.15) is 30.9 Å². The lowest BCUT2D eigenvalue weighted by Gasteiger charge is -2.37. The van der Waals surface area contributed by atoms with Crippen molar-refractivity contribution in [3.8, 4) is 0 Å². The molecule has 1 saturated carbocycles. The molecule has 0 spiro atoms. The van der Waals surface area contributed by atoms with Crippen LogP contribution in [0.25, 0.3) is 0 Å². The van der Waals surface area contributed by atoms with Gasteiger partial charge in [0.2, 0.25) is 0 Å². The average molecular weight is 267 g/mol. The van der Waals surface area contributed by atoms with E-state index in [1.807, 2.05) is 13.1 Å². The second-order valence-corrected chi connectivity index (χ2v) is 5.39. The fourth-order valence-electron chi connectivity index (χ4n) is 2.50. The molecule has 5 heteroatoms. The number of anilines is 2. The van der Waals surface area contributed by atoms with Crippen LogP contribution in [-0.2, 0) is 4.79 Å². The average Bonchev–Trinajstić information content (AvgIpc) is 2.52. The van der Waals surface area contributed by atoms with E-state index in [-0.39, 0.29) is 5.91 Å². The summed E-state index contributed by atoms with van der Waals surface area (Å²) in [7, 11) is 2.02. The summed E-state index contributed by atoms with van der Waals surface area (Å²) in [6.07, 6.45) is 2.52. The molecule has 0 aromatic heterocycles. The highest BCUT2D eigenvalue weighted by Crippen LogP contribution is 2.40. The van der Waals surface area contributed by atoms with E-state index in [0.717, 1.165) is 5.69 Å². The van der Waals surface area contributed by atoms with Gasteiger partial charge in [-0.25, -0.2) is 0 Å². The fourth-order valence-corrected chi connectivity index (χ4v) is 2.80. The molecule has 0 saturated heterocycles. The number of aliphatic hydroxyl groups excluding tert-OH is 1. The number of nitrogens with one attached hydrogen (secondary N) is 1. The van der Waals surface area contributed by atoms with E-state index < -0.39 is 6.10 Å². The van der Waals surface area contributed by atoms with Gasteiger partial charge in [-0.05, 0) is 31.4 Å². The molecule has 1 heterocycles. The normalized spacial score (nSPS) is 22.4. The number of rotatable bonds is 2. The summed E-state index contributed by atoms with van der Waals surface area (Å²) in [5.41, 5.74) is 2.14. The Kier molecular flexibility index (Phi) is 2.72. The minimum absolute atomic E-state index is 0.385. The third-order valence-electron chi connectivity index (χ3n) is 3.92. The lowest BCUT2D eigenvalue weighted by atomic mass is 9.91. The predicted molar refractivity (Wildman–Crippen MR) is 71.1 cm³/mol. The van der Waals surface area contributed by atoms with Gasteiger partial charge < -0.3 is 15.3 Å². The van der Waals surface area contributed by atoms with Crippen LogP contribution in [-0.4, -0.2) is 24.1 Å². The summed E-state index contributed by atoms with van der Waals surface area (Å²) >= 11 is 6.25. The van der Waals surface area contributed by atoms with Crippen LogP contribution in [0, 0.1) is 0 Å². The van der Waals surface area contributed by atoms with E-state index in [1.165, 1.54) is 19.3 Å². The molecule has 1 aliphatic heterocycles.